The molecule has 3 aromatic rings. The first-order valence-electron chi connectivity index (χ1n) is 11.9. The maximum Gasteiger partial charge on any atom is 0.235 e. The summed E-state index contributed by atoms with van der Waals surface area (Å²) in [5, 5.41) is 17.2. The van der Waals surface area contributed by atoms with Crippen LogP contribution < -0.4 is 15.4 Å². The highest BCUT2D eigenvalue weighted by Gasteiger charge is 2.40. The number of anilines is 1. The molecule has 0 spiro atoms. The van der Waals surface area contributed by atoms with Gasteiger partial charge in [-0.2, -0.15) is 0 Å². The van der Waals surface area contributed by atoms with Crippen molar-refractivity contribution >= 4 is 34.5 Å². The first kappa shape index (κ1) is 24.8. The molecule has 0 aromatic carbocycles. The van der Waals surface area contributed by atoms with E-state index < -0.39 is 5.60 Å². The summed E-state index contributed by atoms with van der Waals surface area (Å²) in [4.78, 5) is 27.8. The Morgan fingerprint density at radius 2 is 2.19 bits per heavy atom. The minimum absolute atomic E-state index is 0.00244. The molecule has 3 aromatic heterocycles. The van der Waals surface area contributed by atoms with Crippen molar-refractivity contribution < 1.29 is 19.0 Å². The maximum atomic E-state index is 14.7. The number of aliphatic hydroxyl groups is 1. The van der Waals surface area contributed by atoms with E-state index in [1.165, 1.54) is 25.1 Å². The molecule has 1 saturated heterocycles. The molecule has 3 N–H and O–H groups in total. The number of carbonyl (C=O) groups is 1. The monoisotopic (exact) mass is 512 g/mol. The van der Waals surface area contributed by atoms with E-state index >= 15 is 0 Å². The van der Waals surface area contributed by atoms with E-state index in [1.807, 2.05) is 19.1 Å². The van der Waals surface area contributed by atoms with Gasteiger partial charge in [0.15, 0.2) is 0 Å². The van der Waals surface area contributed by atoms with Crippen molar-refractivity contribution in [2.45, 2.75) is 30.4 Å². The summed E-state index contributed by atoms with van der Waals surface area (Å²) >= 11 is 1.49. The topological polar surface area (TPSA) is 112 Å². The van der Waals surface area contributed by atoms with Crippen LogP contribution in [0.4, 0.5) is 10.2 Å². The molecule has 1 amide bonds. The highest BCUT2D eigenvalue weighted by Crippen LogP contribution is 2.30. The van der Waals surface area contributed by atoms with Gasteiger partial charge >= 0.3 is 0 Å². The zero-order valence-electron chi connectivity index (χ0n) is 20.3. The molecule has 2 atom stereocenters. The van der Waals surface area contributed by atoms with Gasteiger partial charge in [0, 0.05) is 50.3 Å². The van der Waals surface area contributed by atoms with Gasteiger partial charge in [0.2, 0.25) is 11.8 Å². The molecule has 2 aliphatic rings. The Morgan fingerprint density at radius 3 is 3.03 bits per heavy atom. The summed E-state index contributed by atoms with van der Waals surface area (Å²) < 4.78 is 19.9. The predicted octanol–water partition coefficient (Wildman–Crippen LogP) is 2.23. The second-order valence-corrected chi connectivity index (χ2v) is 10.5. The third-order valence-corrected chi connectivity index (χ3v) is 7.80. The van der Waals surface area contributed by atoms with E-state index in [1.54, 1.807) is 12.1 Å². The van der Waals surface area contributed by atoms with Crippen LogP contribution in [0.2, 0.25) is 0 Å². The van der Waals surface area contributed by atoms with Crippen LogP contribution >= 0.6 is 11.8 Å². The quantitative estimate of drug-likeness (QED) is 0.418. The molecule has 11 heteroatoms. The van der Waals surface area contributed by atoms with Crippen molar-refractivity contribution in [3.05, 3.63) is 47.5 Å². The second kappa shape index (κ2) is 10.3. The molecule has 5 rings (SSSR count). The minimum atomic E-state index is -0.874. The smallest absolute Gasteiger partial charge is 0.235 e. The lowest BCUT2D eigenvalue weighted by molar-refractivity contribution is -0.113. The molecule has 5 heterocycles. The van der Waals surface area contributed by atoms with E-state index in [0.717, 1.165) is 10.6 Å². The number of β-amino-alcohol motifs (C(OH)–C–C–N with tert-alkyl or cyclic N) is 1. The number of thioether (sulfide) groups is 1. The molecule has 2 unspecified atom stereocenters. The van der Waals surface area contributed by atoms with Gasteiger partial charge in [0.05, 0.1) is 46.3 Å². The Bertz CT molecular complexity index is 1290. The summed E-state index contributed by atoms with van der Waals surface area (Å²) in [6.45, 7) is 4.76. The van der Waals surface area contributed by atoms with E-state index in [0.29, 0.717) is 73.2 Å². The van der Waals surface area contributed by atoms with Gasteiger partial charge in [0.25, 0.3) is 0 Å². The van der Waals surface area contributed by atoms with Gasteiger partial charge < -0.3 is 20.5 Å². The highest BCUT2D eigenvalue weighted by molar-refractivity contribution is 8.00. The van der Waals surface area contributed by atoms with Gasteiger partial charge in [-0.25, -0.2) is 14.4 Å². The Balaban J connectivity index is 1.18. The number of hydrogen-bond donors (Lipinski definition) is 3. The van der Waals surface area contributed by atoms with Crippen molar-refractivity contribution in [3.63, 3.8) is 0 Å². The number of nitrogens with zero attached hydrogens (tertiary/aromatic N) is 4. The summed E-state index contributed by atoms with van der Waals surface area (Å²) in [6, 6.07) is 7.41. The van der Waals surface area contributed by atoms with Crippen molar-refractivity contribution in [1.29, 1.82) is 0 Å². The third kappa shape index (κ3) is 5.29. The van der Waals surface area contributed by atoms with E-state index in [2.05, 4.69) is 30.5 Å². The Hall–Kier alpha value is -2.86. The third-order valence-electron chi connectivity index (χ3n) is 6.76. The molecule has 1 fully saturated rings. The Labute approximate surface area is 212 Å². The standard InChI is InChI=1S/C25H29FN6O3S/c1-25(34)14-32(8-7-17-18(26)11-28-19-4-6-22(35-2)31-23(17)19)12-15(25)9-27-10-16-3-5-20-24(29-16)30-21(33)13-36-20/h3-6,11,15,27,34H,7-10,12-14H2,1-2H3,(H,29,30,33). The van der Waals surface area contributed by atoms with Gasteiger partial charge in [-0.1, -0.05) is 0 Å². The molecule has 0 saturated carbocycles. The Kier molecular flexibility index (Phi) is 7.07. The zero-order valence-corrected chi connectivity index (χ0v) is 21.1. The van der Waals surface area contributed by atoms with Gasteiger partial charge in [-0.3, -0.25) is 14.7 Å². The number of ether oxygens (including phenoxy) is 1. The van der Waals surface area contributed by atoms with Crippen LogP contribution in [0.5, 0.6) is 5.88 Å². The van der Waals surface area contributed by atoms with E-state index in [-0.39, 0.29) is 17.6 Å². The van der Waals surface area contributed by atoms with Crippen LogP contribution in [-0.4, -0.2) is 75.5 Å². The fourth-order valence-corrected chi connectivity index (χ4v) is 5.54. The van der Waals surface area contributed by atoms with Crippen molar-refractivity contribution in [2.24, 2.45) is 5.92 Å². The van der Waals surface area contributed by atoms with E-state index in [4.69, 9.17) is 4.74 Å². The summed E-state index contributed by atoms with van der Waals surface area (Å²) in [5.74, 6) is 1.01. The van der Waals surface area contributed by atoms with Crippen LogP contribution in [-0.2, 0) is 17.8 Å². The fourth-order valence-electron chi connectivity index (χ4n) is 4.79. The lowest BCUT2D eigenvalue weighted by Gasteiger charge is -2.24. The van der Waals surface area contributed by atoms with Crippen LogP contribution in [0.25, 0.3) is 11.0 Å². The van der Waals surface area contributed by atoms with Crippen molar-refractivity contribution in [3.8, 4) is 5.88 Å². The molecule has 190 valence electrons. The average Bonchev–Trinajstić information content (AvgIpc) is 3.15. The molecule has 2 aliphatic heterocycles. The van der Waals surface area contributed by atoms with Crippen LogP contribution in [0.1, 0.15) is 18.2 Å². The summed E-state index contributed by atoms with van der Waals surface area (Å²) in [6.07, 6.45) is 1.68. The van der Waals surface area contributed by atoms with Crippen LogP contribution in [0.3, 0.4) is 0 Å². The number of nitrogens with one attached hydrogen (secondary N) is 2. The van der Waals surface area contributed by atoms with Gasteiger partial charge in [-0.05, 0) is 31.5 Å². The van der Waals surface area contributed by atoms with Crippen LogP contribution in [0.15, 0.2) is 35.4 Å². The lowest BCUT2D eigenvalue weighted by atomic mass is 9.93. The predicted molar refractivity (Wildman–Crippen MR) is 136 cm³/mol. The molecule has 9 nitrogen and oxygen atoms in total. The first-order valence-corrected chi connectivity index (χ1v) is 12.9. The van der Waals surface area contributed by atoms with E-state index in [9.17, 15) is 14.3 Å². The molecule has 0 radical (unpaired) electrons. The second-order valence-electron chi connectivity index (χ2n) is 9.46. The van der Waals surface area contributed by atoms with Crippen molar-refractivity contribution in [2.75, 3.05) is 44.4 Å². The van der Waals surface area contributed by atoms with Gasteiger partial charge in [0.1, 0.15) is 11.6 Å². The molecule has 0 aliphatic carbocycles. The maximum absolute atomic E-state index is 14.7. The summed E-state index contributed by atoms with van der Waals surface area (Å²) in [5.41, 5.74) is 1.58. The lowest BCUT2D eigenvalue weighted by Crippen LogP contribution is -2.39. The SMILES string of the molecule is COc1ccc2ncc(F)c(CCN3CC(CNCc4ccc5c(n4)NC(=O)CS5)C(C)(O)C3)c2n1. The molecular formula is C25H29FN6O3S. The number of fused-ring (bicyclic) bond motifs is 2. The normalized spacial score (nSPS) is 22.0. The molecule has 0 bridgehead atoms. The van der Waals surface area contributed by atoms with Crippen molar-refractivity contribution in [1.82, 2.24) is 25.2 Å². The molecular weight excluding hydrogens is 483 g/mol. The number of aromatic nitrogens is 3. The molecule has 36 heavy (non-hydrogen) atoms. The number of halogens is 1. The zero-order chi connectivity index (χ0) is 25.3. The highest BCUT2D eigenvalue weighted by atomic mass is 32.2. The number of rotatable bonds is 8. The number of pyridine rings is 3. The number of likely N-dealkylation sites (tertiary alicyclic amines) is 1. The number of methoxy groups -OCH3 is 1. The Morgan fingerprint density at radius 1 is 1.33 bits per heavy atom. The van der Waals surface area contributed by atoms with Crippen LogP contribution in [0, 0.1) is 11.7 Å². The minimum Gasteiger partial charge on any atom is -0.481 e. The number of carbonyl (C=O) groups excluding carboxylic acids is 1. The largest absolute Gasteiger partial charge is 0.481 e. The first-order chi connectivity index (χ1) is 17.3. The van der Waals surface area contributed by atoms with Gasteiger partial charge in [-0.15, -0.1) is 11.8 Å². The fraction of sp³-hybridized carbons (Fsp3) is 0.440. The summed E-state index contributed by atoms with van der Waals surface area (Å²) in [7, 11) is 1.53. The number of amides is 1. The average molecular weight is 513 g/mol. The number of hydrogen-bond acceptors (Lipinski definition) is 9.